The summed E-state index contributed by atoms with van der Waals surface area (Å²) in [5, 5.41) is 0. The minimum Gasteiger partial charge on any atom is -0.356 e. The summed E-state index contributed by atoms with van der Waals surface area (Å²) in [6.07, 6.45) is 2.88. The van der Waals surface area contributed by atoms with Crippen molar-refractivity contribution in [2.45, 2.75) is 17.7 Å². The Morgan fingerprint density at radius 2 is 2.00 bits per heavy atom. The molecule has 1 aliphatic rings. The Bertz CT molecular complexity index is 503. The van der Waals surface area contributed by atoms with Gasteiger partial charge < -0.3 is 9.88 Å². The predicted molar refractivity (Wildman–Crippen MR) is 54.2 cm³/mol. The van der Waals surface area contributed by atoms with Gasteiger partial charge in [0.05, 0.1) is 0 Å². The summed E-state index contributed by atoms with van der Waals surface area (Å²) >= 11 is 0. The lowest BCUT2D eigenvalue weighted by atomic mass is 10.4. The van der Waals surface area contributed by atoms with Crippen LogP contribution in [0.25, 0.3) is 0 Å². The molecule has 1 saturated heterocycles. The second-order valence-corrected chi connectivity index (χ2v) is 5.03. The molecule has 5 nitrogen and oxygen atoms in total. The molecule has 2 rings (SSSR count). The predicted octanol–water partition coefficient (Wildman–Crippen LogP) is 0.909. The third kappa shape index (κ3) is 2.08. The molecule has 0 saturated carbocycles. The minimum atomic E-state index is -4.74. The van der Waals surface area contributed by atoms with E-state index in [9.17, 15) is 17.1 Å². The Balaban J connectivity index is 2.22. The van der Waals surface area contributed by atoms with Crippen LogP contribution in [0.4, 0.5) is 3.89 Å². The standard InChI is InChI=1S/C9H11FN2O3S/c10-16(14,15)7-5-8(11-6-7)9(13)12-3-1-2-4-12/h5-6,11H,1-4H2. The van der Waals surface area contributed by atoms with E-state index in [1.807, 2.05) is 0 Å². The molecule has 1 amide bonds. The third-order valence-electron chi connectivity index (χ3n) is 2.56. The molecule has 0 atom stereocenters. The SMILES string of the molecule is O=C(c1cc(S(=O)(=O)F)c[nH]1)N1CCCC1. The second-order valence-electron chi connectivity index (χ2n) is 3.69. The van der Waals surface area contributed by atoms with Gasteiger partial charge in [-0.15, -0.1) is 3.89 Å². The highest BCUT2D eigenvalue weighted by Crippen LogP contribution is 2.16. The Labute approximate surface area is 92.5 Å². The number of halogens is 1. The molecule has 7 heteroatoms. The van der Waals surface area contributed by atoms with E-state index in [1.165, 1.54) is 0 Å². The van der Waals surface area contributed by atoms with Crippen LogP contribution in [0.5, 0.6) is 0 Å². The molecule has 1 fully saturated rings. The number of aromatic nitrogens is 1. The van der Waals surface area contributed by atoms with Gasteiger partial charge in [0.15, 0.2) is 0 Å². The molecule has 0 spiro atoms. The fourth-order valence-electron chi connectivity index (χ4n) is 1.73. The topological polar surface area (TPSA) is 70.2 Å². The van der Waals surface area contributed by atoms with E-state index < -0.39 is 15.1 Å². The van der Waals surface area contributed by atoms with E-state index in [1.54, 1.807) is 4.90 Å². The summed E-state index contributed by atoms with van der Waals surface area (Å²) in [6.45, 7) is 1.32. The Morgan fingerprint density at radius 3 is 2.50 bits per heavy atom. The first-order chi connectivity index (χ1) is 7.48. The summed E-state index contributed by atoms with van der Waals surface area (Å²) in [7, 11) is -4.74. The van der Waals surface area contributed by atoms with Crippen molar-refractivity contribution in [1.29, 1.82) is 0 Å². The number of nitrogens with one attached hydrogen (secondary N) is 1. The van der Waals surface area contributed by atoms with Crippen LogP contribution in [0.15, 0.2) is 17.2 Å². The first kappa shape index (κ1) is 11.1. The highest BCUT2D eigenvalue weighted by atomic mass is 32.3. The molecule has 16 heavy (non-hydrogen) atoms. The average Bonchev–Trinajstić information content (AvgIpc) is 2.87. The second kappa shape index (κ2) is 3.89. The lowest BCUT2D eigenvalue weighted by Crippen LogP contribution is -2.27. The van der Waals surface area contributed by atoms with Crippen LogP contribution in [0, 0.1) is 0 Å². The van der Waals surface area contributed by atoms with Crippen molar-refractivity contribution in [3.05, 3.63) is 18.0 Å². The van der Waals surface area contributed by atoms with Gasteiger partial charge in [-0.25, -0.2) is 0 Å². The van der Waals surface area contributed by atoms with Crippen molar-refractivity contribution in [3.8, 4) is 0 Å². The van der Waals surface area contributed by atoms with Crippen molar-refractivity contribution in [3.63, 3.8) is 0 Å². The number of rotatable bonds is 2. The van der Waals surface area contributed by atoms with Crippen LogP contribution in [-0.4, -0.2) is 37.3 Å². The normalized spacial score (nSPS) is 16.7. The van der Waals surface area contributed by atoms with Crippen LogP contribution < -0.4 is 0 Å². The fourth-order valence-corrected chi connectivity index (χ4v) is 2.19. The largest absolute Gasteiger partial charge is 0.356 e. The van der Waals surface area contributed by atoms with Crippen LogP contribution >= 0.6 is 0 Å². The van der Waals surface area contributed by atoms with E-state index in [2.05, 4.69) is 4.98 Å². The first-order valence-electron chi connectivity index (χ1n) is 4.91. The quantitative estimate of drug-likeness (QED) is 0.788. The van der Waals surface area contributed by atoms with Gasteiger partial charge in [-0.2, -0.15) is 8.42 Å². The number of likely N-dealkylation sites (tertiary alicyclic amines) is 1. The van der Waals surface area contributed by atoms with Gasteiger partial charge in [0.1, 0.15) is 10.6 Å². The van der Waals surface area contributed by atoms with Crippen molar-refractivity contribution >= 4 is 16.1 Å². The van der Waals surface area contributed by atoms with E-state index in [4.69, 9.17) is 0 Å². The van der Waals surface area contributed by atoms with Gasteiger partial charge in [0, 0.05) is 19.3 Å². The van der Waals surface area contributed by atoms with E-state index in [-0.39, 0.29) is 11.6 Å². The monoisotopic (exact) mass is 246 g/mol. The maximum absolute atomic E-state index is 12.6. The summed E-state index contributed by atoms with van der Waals surface area (Å²) in [4.78, 5) is 15.4. The summed E-state index contributed by atoms with van der Waals surface area (Å²) in [5.74, 6) is -0.285. The number of carbonyl (C=O) groups excluding carboxylic acids is 1. The molecule has 1 N–H and O–H groups in total. The molecule has 1 aromatic rings. The van der Waals surface area contributed by atoms with E-state index >= 15 is 0 Å². The molecule has 0 unspecified atom stereocenters. The number of H-pyrrole nitrogens is 1. The third-order valence-corrected chi connectivity index (χ3v) is 3.36. The molecule has 1 aromatic heterocycles. The van der Waals surface area contributed by atoms with Crippen LogP contribution in [0.1, 0.15) is 23.3 Å². The van der Waals surface area contributed by atoms with E-state index in [0.717, 1.165) is 25.1 Å². The van der Waals surface area contributed by atoms with Crippen LogP contribution in [0.3, 0.4) is 0 Å². The van der Waals surface area contributed by atoms with Crippen LogP contribution in [0.2, 0.25) is 0 Å². The summed E-state index contributed by atoms with van der Waals surface area (Å²) in [5.41, 5.74) is 0.109. The van der Waals surface area contributed by atoms with Gasteiger partial charge in [0.2, 0.25) is 0 Å². The first-order valence-corrected chi connectivity index (χ1v) is 6.29. The fraction of sp³-hybridized carbons (Fsp3) is 0.444. The lowest BCUT2D eigenvalue weighted by Gasteiger charge is -2.13. The summed E-state index contributed by atoms with van der Waals surface area (Å²) < 4.78 is 33.8. The van der Waals surface area contributed by atoms with Gasteiger partial charge >= 0.3 is 10.2 Å². The zero-order valence-corrected chi connectivity index (χ0v) is 9.26. The molecule has 2 heterocycles. The smallest absolute Gasteiger partial charge is 0.333 e. The summed E-state index contributed by atoms with van der Waals surface area (Å²) in [6, 6.07) is 1.02. The van der Waals surface area contributed by atoms with Crippen molar-refractivity contribution < 1.29 is 17.1 Å². The average molecular weight is 246 g/mol. The number of aromatic amines is 1. The number of carbonyl (C=O) groups is 1. The minimum absolute atomic E-state index is 0.109. The number of hydrogen-bond acceptors (Lipinski definition) is 3. The van der Waals surface area contributed by atoms with Crippen LogP contribution in [-0.2, 0) is 10.2 Å². The van der Waals surface area contributed by atoms with Gasteiger partial charge in [-0.3, -0.25) is 4.79 Å². The number of amides is 1. The highest BCUT2D eigenvalue weighted by molar-refractivity contribution is 7.86. The van der Waals surface area contributed by atoms with Gasteiger partial charge in [0.25, 0.3) is 5.91 Å². The van der Waals surface area contributed by atoms with Crippen molar-refractivity contribution in [1.82, 2.24) is 9.88 Å². The molecule has 88 valence electrons. The van der Waals surface area contributed by atoms with E-state index in [0.29, 0.717) is 13.1 Å². The van der Waals surface area contributed by atoms with Crippen molar-refractivity contribution in [2.24, 2.45) is 0 Å². The molecule has 1 aliphatic heterocycles. The Kier molecular flexibility index (Phi) is 2.71. The van der Waals surface area contributed by atoms with Gasteiger partial charge in [-0.1, -0.05) is 0 Å². The Morgan fingerprint density at radius 1 is 1.38 bits per heavy atom. The maximum atomic E-state index is 12.6. The molecule has 0 aromatic carbocycles. The zero-order chi connectivity index (χ0) is 11.8. The van der Waals surface area contributed by atoms with Crippen molar-refractivity contribution in [2.75, 3.05) is 13.1 Å². The molecule has 0 radical (unpaired) electrons. The Hall–Kier alpha value is -1.37. The zero-order valence-electron chi connectivity index (χ0n) is 8.44. The molecule has 0 bridgehead atoms. The maximum Gasteiger partial charge on any atom is 0.333 e. The lowest BCUT2D eigenvalue weighted by molar-refractivity contribution is 0.0787. The molecular formula is C9H11FN2O3S. The highest BCUT2D eigenvalue weighted by Gasteiger charge is 2.23. The van der Waals surface area contributed by atoms with Gasteiger partial charge in [-0.05, 0) is 18.9 Å². The number of hydrogen-bond donors (Lipinski definition) is 1. The molecule has 0 aliphatic carbocycles. The molecular weight excluding hydrogens is 235 g/mol. The number of nitrogens with zero attached hydrogens (tertiary/aromatic N) is 1.